The van der Waals surface area contributed by atoms with Crippen molar-refractivity contribution in [1.82, 2.24) is 14.7 Å². The van der Waals surface area contributed by atoms with E-state index in [2.05, 4.69) is 67.2 Å². The summed E-state index contributed by atoms with van der Waals surface area (Å²) in [6.07, 6.45) is 1.26. The van der Waals surface area contributed by atoms with Gasteiger partial charge in [-0.3, -0.25) is 4.90 Å². The van der Waals surface area contributed by atoms with Gasteiger partial charge in [0, 0.05) is 37.8 Å². The van der Waals surface area contributed by atoms with Gasteiger partial charge in [0.25, 0.3) is 0 Å². The van der Waals surface area contributed by atoms with Crippen LogP contribution in [0, 0.1) is 0 Å². The molecule has 0 unspecified atom stereocenters. The minimum Gasteiger partial charge on any atom is -0.492 e. The van der Waals surface area contributed by atoms with Gasteiger partial charge in [0.15, 0.2) is 0 Å². The summed E-state index contributed by atoms with van der Waals surface area (Å²) in [5, 5.41) is 0. The van der Waals surface area contributed by atoms with Crippen LogP contribution in [-0.2, 0) is 6.54 Å². The minimum absolute atomic E-state index is 0.687. The summed E-state index contributed by atoms with van der Waals surface area (Å²) in [5.74, 6) is 1.03. The van der Waals surface area contributed by atoms with E-state index in [-0.39, 0.29) is 0 Å². The fourth-order valence-electron chi connectivity index (χ4n) is 2.73. The summed E-state index contributed by atoms with van der Waals surface area (Å²) in [5.41, 5.74) is 1.30. The van der Waals surface area contributed by atoms with Gasteiger partial charge >= 0.3 is 0 Å². The molecule has 0 aliphatic carbocycles. The smallest absolute Gasteiger partial charge is 0.123 e. The number of nitrogens with zero attached hydrogens (tertiary/aromatic N) is 3. The van der Waals surface area contributed by atoms with Gasteiger partial charge in [-0.15, -0.1) is 0 Å². The van der Waals surface area contributed by atoms with Gasteiger partial charge in [0.1, 0.15) is 12.4 Å². The fourth-order valence-corrected chi connectivity index (χ4v) is 2.73. The Morgan fingerprint density at radius 2 is 1.95 bits per heavy atom. The van der Waals surface area contributed by atoms with Crippen molar-refractivity contribution in [2.45, 2.75) is 19.0 Å². The van der Waals surface area contributed by atoms with E-state index in [9.17, 15) is 0 Å². The topological polar surface area (TPSA) is 19.0 Å². The number of benzene rings is 1. The third-order valence-corrected chi connectivity index (χ3v) is 4.14. The third kappa shape index (κ3) is 4.99. The van der Waals surface area contributed by atoms with Crippen LogP contribution in [0.2, 0.25) is 0 Å². The number of likely N-dealkylation sites (tertiary alicyclic amines) is 1. The molecule has 0 aromatic heterocycles. The summed E-state index contributed by atoms with van der Waals surface area (Å²) in [4.78, 5) is 7.00. The molecular weight excluding hydrogens is 262 g/mol. The van der Waals surface area contributed by atoms with Crippen molar-refractivity contribution in [2.75, 3.05) is 54.4 Å². The van der Waals surface area contributed by atoms with Crippen molar-refractivity contribution in [3.63, 3.8) is 0 Å². The summed E-state index contributed by atoms with van der Waals surface area (Å²) in [6, 6.07) is 9.12. The van der Waals surface area contributed by atoms with E-state index in [1.807, 2.05) is 0 Å². The lowest BCUT2D eigenvalue weighted by molar-refractivity contribution is 0.246. The molecule has 0 amide bonds. The maximum atomic E-state index is 5.95. The van der Waals surface area contributed by atoms with Crippen molar-refractivity contribution < 1.29 is 4.74 Å². The molecule has 0 saturated carbocycles. The van der Waals surface area contributed by atoms with Crippen LogP contribution in [0.15, 0.2) is 24.3 Å². The third-order valence-electron chi connectivity index (χ3n) is 4.14. The van der Waals surface area contributed by atoms with Crippen LogP contribution in [-0.4, -0.2) is 75.2 Å². The molecular formula is C17H29N3O. The molecule has 1 saturated heterocycles. The molecule has 0 radical (unpaired) electrons. The molecule has 2 rings (SSSR count). The van der Waals surface area contributed by atoms with Crippen LogP contribution < -0.4 is 4.74 Å². The van der Waals surface area contributed by atoms with Gasteiger partial charge in [0.2, 0.25) is 0 Å². The average Bonchev–Trinajstić information content (AvgIpc) is 2.89. The second-order valence-electron chi connectivity index (χ2n) is 6.40. The van der Waals surface area contributed by atoms with E-state index in [0.717, 1.165) is 32.0 Å². The monoisotopic (exact) mass is 291 g/mol. The molecule has 1 fully saturated rings. The van der Waals surface area contributed by atoms with E-state index in [1.165, 1.54) is 18.5 Å². The molecule has 21 heavy (non-hydrogen) atoms. The fraction of sp³-hybridized carbons (Fsp3) is 0.647. The molecule has 1 aromatic carbocycles. The Hall–Kier alpha value is -1.10. The summed E-state index contributed by atoms with van der Waals surface area (Å²) < 4.78 is 5.95. The molecule has 118 valence electrons. The zero-order valence-electron chi connectivity index (χ0n) is 13.9. The highest BCUT2D eigenvalue weighted by Crippen LogP contribution is 2.23. The van der Waals surface area contributed by atoms with Gasteiger partial charge in [-0.1, -0.05) is 18.2 Å². The largest absolute Gasteiger partial charge is 0.492 e. The number of hydrogen-bond donors (Lipinski definition) is 0. The standard InChI is InChI=1S/C17H29N3O/c1-18(2)11-12-21-17-8-6-5-7-15(17)13-20-10-9-16(14-20)19(3)4/h5-8,16H,9-14H2,1-4H3/t16-/m1/s1. The Kier molecular flexibility index (Phi) is 6.03. The van der Waals surface area contributed by atoms with Crippen molar-refractivity contribution in [2.24, 2.45) is 0 Å². The normalized spacial score (nSPS) is 19.6. The first-order chi connectivity index (χ1) is 10.1. The lowest BCUT2D eigenvalue weighted by Gasteiger charge is -2.21. The molecule has 0 N–H and O–H groups in total. The predicted molar refractivity (Wildman–Crippen MR) is 87.9 cm³/mol. The zero-order valence-corrected chi connectivity index (χ0v) is 13.9. The Morgan fingerprint density at radius 1 is 1.19 bits per heavy atom. The van der Waals surface area contributed by atoms with Crippen LogP contribution in [0.1, 0.15) is 12.0 Å². The van der Waals surface area contributed by atoms with Gasteiger partial charge in [0.05, 0.1) is 0 Å². The molecule has 0 bridgehead atoms. The molecule has 1 aliphatic heterocycles. The second kappa shape index (κ2) is 7.78. The highest BCUT2D eigenvalue weighted by atomic mass is 16.5. The van der Waals surface area contributed by atoms with Crippen molar-refractivity contribution >= 4 is 0 Å². The van der Waals surface area contributed by atoms with Crippen molar-refractivity contribution in [3.05, 3.63) is 29.8 Å². The molecule has 4 nitrogen and oxygen atoms in total. The van der Waals surface area contributed by atoms with E-state index < -0.39 is 0 Å². The van der Waals surface area contributed by atoms with Gasteiger partial charge in [-0.2, -0.15) is 0 Å². The number of hydrogen-bond acceptors (Lipinski definition) is 4. The van der Waals surface area contributed by atoms with Crippen LogP contribution in [0.25, 0.3) is 0 Å². The molecule has 1 heterocycles. The van der Waals surface area contributed by atoms with Crippen molar-refractivity contribution in [1.29, 1.82) is 0 Å². The summed E-state index contributed by atoms with van der Waals surface area (Å²) in [7, 11) is 8.49. The van der Waals surface area contributed by atoms with Gasteiger partial charge < -0.3 is 14.5 Å². The van der Waals surface area contributed by atoms with E-state index in [4.69, 9.17) is 4.74 Å². The quantitative estimate of drug-likeness (QED) is 0.762. The van der Waals surface area contributed by atoms with E-state index in [1.54, 1.807) is 0 Å². The van der Waals surface area contributed by atoms with Crippen LogP contribution >= 0.6 is 0 Å². The Balaban J connectivity index is 1.91. The molecule has 4 heteroatoms. The van der Waals surface area contributed by atoms with Gasteiger partial charge in [-0.25, -0.2) is 0 Å². The SMILES string of the molecule is CN(C)CCOc1ccccc1CN1CC[C@@H](N(C)C)C1. The van der Waals surface area contributed by atoms with Crippen LogP contribution in [0.5, 0.6) is 5.75 Å². The number of para-hydroxylation sites is 1. The molecule has 1 aliphatic rings. The van der Waals surface area contributed by atoms with Crippen molar-refractivity contribution in [3.8, 4) is 5.75 Å². The van der Waals surface area contributed by atoms with E-state index >= 15 is 0 Å². The minimum atomic E-state index is 0.687. The lowest BCUT2D eigenvalue weighted by Crippen LogP contribution is -2.31. The highest BCUT2D eigenvalue weighted by Gasteiger charge is 2.24. The zero-order chi connectivity index (χ0) is 15.2. The second-order valence-corrected chi connectivity index (χ2v) is 6.40. The lowest BCUT2D eigenvalue weighted by atomic mass is 10.2. The summed E-state index contributed by atoms with van der Waals surface area (Å²) >= 11 is 0. The highest BCUT2D eigenvalue weighted by molar-refractivity contribution is 5.33. The molecule has 0 spiro atoms. The summed E-state index contributed by atoms with van der Waals surface area (Å²) in [6.45, 7) is 5.00. The Bertz CT molecular complexity index is 434. The average molecular weight is 291 g/mol. The van der Waals surface area contributed by atoms with Crippen LogP contribution in [0.4, 0.5) is 0 Å². The molecule has 1 atom stereocenters. The van der Waals surface area contributed by atoms with Crippen LogP contribution in [0.3, 0.4) is 0 Å². The predicted octanol–water partition coefficient (Wildman–Crippen LogP) is 1.76. The number of rotatable bonds is 7. The number of ether oxygens (including phenoxy) is 1. The Labute approximate surface area is 129 Å². The maximum absolute atomic E-state index is 5.95. The first kappa shape index (κ1) is 16.3. The number of likely N-dealkylation sites (N-methyl/N-ethyl adjacent to an activating group) is 2. The first-order valence-electron chi connectivity index (χ1n) is 7.80. The van der Waals surface area contributed by atoms with E-state index in [0.29, 0.717) is 6.04 Å². The first-order valence-corrected chi connectivity index (χ1v) is 7.80. The Morgan fingerprint density at radius 3 is 2.62 bits per heavy atom. The molecule has 1 aromatic rings. The van der Waals surface area contributed by atoms with Gasteiger partial charge in [-0.05, 0) is 40.7 Å². The maximum Gasteiger partial charge on any atom is 0.123 e.